The summed E-state index contributed by atoms with van der Waals surface area (Å²) in [6.45, 7) is 4.59. The lowest BCUT2D eigenvalue weighted by Gasteiger charge is -2.53. The van der Waals surface area contributed by atoms with Crippen LogP contribution in [0.5, 0.6) is 5.75 Å². The maximum Gasteiger partial charge on any atom is 0.387 e. The van der Waals surface area contributed by atoms with E-state index in [1.807, 2.05) is 0 Å². The number of anilines is 4. The molecule has 1 aromatic carbocycles. The molecule has 1 aliphatic carbocycles. The van der Waals surface area contributed by atoms with Crippen LogP contribution in [-0.4, -0.2) is 110 Å². The van der Waals surface area contributed by atoms with Crippen molar-refractivity contribution in [1.82, 2.24) is 19.8 Å². The first kappa shape index (κ1) is 30.7. The highest BCUT2D eigenvalue weighted by Crippen LogP contribution is 2.48. The number of aromatic nitrogens is 2. The van der Waals surface area contributed by atoms with Crippen LogP contribution in [0.3, 0.4) is 0 Å². The van der Waals surface area contributed by atoms with Crippen LogP contribution >= 0.6 is 0 Å². The second kappa shape index (κ2) is 12.7. The molecule has 2 aromatic rings. The zero-order valence-corrected chi connectivity index (χ0v) is 25.9. The van der Waals surface area contributed by atoms with Crippen molar-refractivity contribution in [2.24, 2.45) is 21.4 Å². The highest BCUT2D eigenvalue weighted by Gasteiger charge is 2.50. The van der Waals surface area contributed by atoms with Crippen molar-refractivity contribution in [3.8, 4) is 5.75 Å². The monoisotopic (exact) mass is 638 g/mol. The van der Waals surface area contributed by atoms with Gasteiger partial charge in [-0.3, -0.25) is 9.69 Å². The molecule has 0 radical (unpaired) electrons. The maximum atomic E-state index is 13.6. The number of ether oxygens (including phenoxy) is 2. The molecule has 0 unspecified atom stereocenters. The molecule has 0 atom stereocenters. The van der Waals surface area contributed by atoms with Crippen LogP contribution in [0.1, 0.15) is 41.9 Å². The first-order chi connectivity index (χ1) is 22.2. The summed E-state index contributed by atoms with van der Waals surface area (Å²) in [5.74, 6) is -0.223. The third-order valence-corrected chi connectivity index (χ3v) is 9.73. The van der Waals surface area contributed by atoms with Crippen molar-refractivity contribution < 1.29 is 23.0 Å². The third-order valence-electron chi connectivity index (χ3n) is 9.73. The summed E-state index contributed by atoms with van der Waals surface area (Å²) in [4.78, 5) is 28.9. The number of piperazine rings is 1. The standard InChI is InChI=1S/C31H40F2N10O3/c1-41-10-12-42(13-11-41)21-5-8-43(9-6-21)23-3-2-19(14-24(23)46-30(32)33)36-29-26(27(34)44)38-25(22-4-7-35-40-22)28(39-29)37-20-15-31(16-20)17-45-18-31/h2-4,14,20-21,30H,5-13,15-18H2,1H3,(H2,34,44)(H2,36,37,39). The number of nitrogens with zero attached hydrogens (tertiary/aromatic N) is 7. The largest absolute Gasteiger partial charge is 0.433 e. The van der Waals surface area contributed by atoms with Gasteiger partial charge in [-0.15, -0.1) is 0 Å². The first-order valence-corrected chi connectivity index (χ1v) is 15.9. The number of piperidine rings is 1. The molecule has 1 amide bonds. The highest BCUT2D eigenvalue weighted by atomic mass is 19.3. The average Bonchev–Trinajstić information content (AvgIpc) is 3.53. The zero-order valence-electron chi connectivity index (χ0n) is 25.9. The highest BCUT2D eigenvalue weighted by molar-refractivity contribution is 5.97. The van der Waals surface area contributed by atoms with Crippen molar-refractivity contribution in [2.45, 2.75) is 44.4 Å². The number of alkyl halides is 2. The van der Waals surface area contributed by atoms with Gasteiger partial charge < -0.3 is 35.6 Å². The first-order valence-electron chi connectivity index (χ1n) is 15.9. The quantitative estimate of drug-likeness (QED) is 0.353. The van der Waals surface area contributed by atoms with Gasteiger partial charge in [-0.1, -0.05) is 0 Å². The molecule has 4 N–H and O–H groups in total. The number of hydrogen-bond donors (Lipinski definition) is 3. The molecular formula is C31H40F2N10O3. The van der Waals surface area contributed by atoms with Crippen molar-refractivity contribution >= 4 is 34.6 Å². The number of amides is 1. The predicted octanol–water partition coefficient (Wildman–Crippen LogP) is 3.53. The van der Waals surface area contributed by atoms with Crippen molar-refractivity contribution in [3.05, 3.63) is 35.7 Å². The van der Waals surface area contributed by atoms with Gasteiger partial charge in [0.25, 0.3) is 5.91 Å². The minimum Gasteiger partial charge on any atom is -0.433 e. The van der Waals surface area contributed by atoms with Gasteiger partial charge in [-0.25, -0.2) is 9.97 Å². The van der Waals surface area contributed by atoms with Gasteiger partial charge in [-0.05, 0) is 50.9 Å². The normalized spacial score (nSPS) is 22.1. The zero-order chi connectivity index (χ0) is 31.8. The fraction of sp³-hybridized carbons (Fsp3) is 0.581. The average molecular weight is 639 g/mol. The number of carbonyl (C=O) groups excluding carboxylic acids is 1. The molecule has 1 aromatic heterocycles. The van der Waals surface area contributed by atoms with Gasteiger partial charge in [0.15, 0.2) is 23.1 Å². The summed E-state index contributed by atoms with van der Waals surface area (Å²) in [6.07, 6.45) is 5.55. The lowest BCUT2D eigenvalue weighted by Crippen LogP contribution is -2.56. The number of hydrogen-bond acceptors (Lipinski definition) is 12. The number of carbonyl (C=O) groups is 1. The van der Waals surface area contributed by atoms with E-state index in [4.69, 9.17) is 20.2 Å². The molecule has 5 heterocycles. The van der Waals surface area contributed by atoms with Gasteiger partial charge in [-0.2, -0.15) is 19.0 Å². The van der Waals surface area contributed by atoms with Crippen LogP contribution in [0, 0.1) is 5.41 Å². The fourth-order valence-electron chi connectivity index (χ4n) is 7.15. The molecule has 5 aliphatic rings. The number of likely N-dealkylation sites (N-methyl/N-ethyl adjacent to an activating group) is 1. The van der Waals surface area contributed by atoms with Gasteiger partial charge in [0.05, 0.1) is 25.4 Å². The molecule has 1 saturated carbocycles. The van der Waals surface area contributed by atoms with Crippen LogP contribution in [0.25, 0.3) is 5.70 Å². The molecule has 1 spiro atoms. The van der Waals surface area contributed by atoms with Crippen LogP contribution < -0.4 is 26.0 Å². The number of primary amides is 1. The molecule has 15 heteroatoms. The molecule has 4 aliphatic heterocycles. The Morgan fingerprint density at radius 1 is 1.09 bits per heavy atom. The summed E-state index contributed by atoms with van der Waals surface area (Å²) in [5.41, 5.74) is 7.73. The van der Waals surface area contributed by atoms with Gasteiger partial charge >= 0.3 is 6.61 Å². The Hall–Kier alpha value is -3.95. The minimum atomic E-state index is -3.01. The summed E-state index contributed by atoms with van der Waals surface area (Å²) >= 11 is 0. The SMILES string of the molecule is CN1CCN(C2CCN(c3ccc(Nc4nc(NC5CC6(COC6)C5)c(C5=CCN=N5)nc4C(N)=O)cc3OC(F)F)CC2)CC1. The molecule has 7 rings (SSSR count). The second-order valence-electron chi connectivity index (χ2n) is 13.0. The van der Waals surface area contributed by atoms with Crippen molar-refractivity contribution in [1.29, 1.82) is 0 Å². The van der Waals surface area contributed by atoms with Crippen molar-refractivity contribution in [3.63, 3.8) is 0 Å². The predicted molar refractivity (Wildman–Crippen MR) is 169 cm³/mol. The number of rotatable bonds is 10. The Kier molecular flexibility index (Phi) is 8.46. The molecular weight excluding hydrogens is 598 g/mol. The van der Waals surface area contributed by atoms with Gasteiger partial charge in [0.2, 0.25) is 0 Å². The Balaban J connectivity index is 1.12. The summed E-state index contributed by atoms with van der Waals surface area (Å²) in [5, 5.41) is 14.7. The molecule has 246 valence electrons. The Morgan fingerprint density at radius 2 is 1.85 bits per heavy atom. The Labute approximate surface area is 266 Å². The van der Waals surface area contributed by atoms with Crippen LogP contribution in [0.4, 0.5) is 31.8 Å². The number of nitrogens with two attached hydrogens (primary N) is 1. The molecule has 13 nitrogen and oxygen atoms in total. The topological polar surface area (TPSA) is 146 Å². The van der Waals surface area contributed by atoms with E-state index in [-0.39, 0.29) is 28.7 Å². The van der Waals surface area contributed by atoms with Crippen LogP contribution in [-0.2, 0) is 4.74 Å². The van der Waals surface area contributed by atoms with E-state index in [2.05, 4.69) is 47.6 Å². The van der Waals surface area contributed by atoms with Gasteiger partial charge in [0, 0.05) is 68.5 Å². The number of azo groups is 1. The second-order valence-corrected chi connectivity index (χ2v) is 13.0. The van der Waals surface area contributed by atoms with E-state index in [9.17, 15) is 13.6 Å². The van der Waals surface area contributed by atoms with Crippen LogP contribution in [0.15, 0.2) is 34.5 Å². The van der Waals surface area contributed by atoms with Crippen molar-refractivity contribution in [2.75, 3.05) is 81.6 Å². The minimum absolute atomic E-state index is 0.0422. The summed E-state index contributed by atoms with van der Waals surface area (Å²) in [6, 6.07) is 5.65. The number of benzene rings is 1. The molecule has 3 saturated heterocycles. The summed E-state index contributed by atoms with van der Waals surface area (Å²) < 4.78 is 37.7. The van der Waals surface area contributed by atoms with E-state index >= 15 is 0 Å². The van der Waals surface area contributed by atoms with Gasteiger partial charge in [0.1, 0.15) is 11.4 Å². The number of halogens is 2. The Morgan fingerprint density at radius 3 is 2.48 bits per heavy atom. The van der Waals surface area contributed by atoms with E-state index in [1.165, 1.54) is 6.07 Å². The molecule has 4 fully saturated rings. The van der Waals surface area contributed by atoms with E-state index in [0.717, 1.165) is 78.2 Å². The lowest BCUT2D eigenvalue weighted by molar-refractivity contribution is -0.159. The lowest BCUT2D eigenvalue weighted by atomic mass is 9.64. The Bertz CT molecular complexity index is 1510. The third kappa shape index (κ3) is 6.35. The fourth-order valence-corrected chi connectivity index (χ4v) is 7.15. The smallest absolute Gasteiger partial charge is 0.387 e. The molecule has 46 heavy (non-hydrogen) atoms. The van der Waals surface area contributed by atoms with E-state index in [1.54, 1.807) is 18.2 Å². The summed E-state index contributed by atoms with van der Waals surface area (Å²) in [7, 11) is 2.14. The number of nitrogens with one attached hydrogen (secondary N) is 2. The van der Waals surface area contributed by atoms with E-state index < -0.39 is 12.5 Å². The maximum absolute atomic E-state index is 13.6. The van der Waals surface area contributed by atoms with E-state index in [0.29, 0.717) is 41.2 Å². The molecule has 0 bridgehead atoms. The van der Waals surface area contributed by atoms with Crippen LogP contribution in [0.2, 0.25) is 0 Å².